The number of likely N-dealkylation sites (tertiary alicyclic amines) is 1. The number of carbonyl (C=O) groups is 1. The van der Waals surface area contributed by atoms with E-state index < -0.39 is 0 Å². The minimum absolute atomic E-state index is 0.101. The van der Waals surface area contributed by atoms with Gasteiger partial charge in [0.2, 0.25) is 0 Å². The van der Waals surface area contributed by atoms with Crippen molar-refractivity contribution in [1.29, 1.82) is 0 Å². The fraction of sp³-hybridized carbons (Fsp3) is 0.273. The van der Waals surface area contributed by atoms with Crippen molar-refractivity contribution in [3.8, 4) is 0 Å². The van der Waals surface area contributed by atoms with E-state index in [-0.39, 0.29) is 5.91 Å². The molecule has 1 fully saturated rings. The number of benzene rings is 2. The number of nitrogens with one attached hydrogen (secondary N) is 1. The van der Waals surface area contributed by atoms with Crippen LogP contribution in [0.25, 0.3) is 10.9 Å². The molecule has 4 rings (SSSR count). The maximum atomic E-state index is 13.0. The highest BCUT2D eigenvalue weighted by molar-refractivity contribution is 6.07. The molecule has 0 bridgehead atoms. The Kier molecular flexibility index (Phi) is 4.33. The van der Waals surface area contributed by atoms with Gasteiger partial charge in [-0.15, -0.1) is 0 Å². The molecular formula is C22H23N3O. The normalized spacial score (nSPS) is 14.0. The highest BCUT2D eigenvalue weighted by atomic mass is 16.2. The third-order valence-corrected chi connectivity index (χ3v) is 5.12. The third kappa shape index (κ3) is 3.15. The van der Waals surface area contributed by atoms with Gasteiger partial charge in [0.15, 0.2) is 0 Å². The van der Waals surface area contributed by atoms with Crippen molar-refractivity contribution in [2.45, 2.75) is 26.7 Å². The molecule has 0 spiro atoms. The topological polar surface area (TPSA) is 45.2 Å². The molecule has 132 valence electrons. The van der Waals surface area contributed by atoms with Crippen LogP contribution >= 0.6 is 0 Å². The van der Waals surface area contributed by atoms with Crippen LogP contribution in [0.15, 0.2) is 48.5 Å². The Hall–Kier alpha value is -2.88. The Labute approximate surface area is 153 Å². The first kappa shape index (κ1) is 16.6. The summed E-state index contributed by atoms with van der Waals surface area (Å²) in [4.78, 5) is 19.7. The molecule has 3 aromatic rings. The number of hydrogen-bond donors (Lipinski definition) is 1. The van der Waals surface area contributed by atoms with Crippen LogP contribution < -0.4 is 5.32 Å². The van der Waals surface area contributed by atoms with Gasteiger partial charge in [-0.1, -0.05) is 24.3 Å². The van der Waals surface area contributed by atoms with Gasteiger partial charge in [-0.25, -0.2) is 4.98 Å². The smallest absolute Gasteiger partial charge is 0.254 e. The van der Waals surface area contributed by atoms with Gasteiger partial charge in [0, 0.05) is 24.2 Å². The molecule has 1 aromatic heterocycles. The lowest BCUT2D eigenvalue weighted by atomic mass is 10.1. The van der Waals surface area contributed by atoms with Gasteiger partial charge in [-0.05, 0) is 62.1 Å². The molecule has 1 saturated heterocycles. The average Bonchev–Trinajstić information content (AvgIpc) is 3.18. The second-order valence-corrected chi connectivity index (χ2v) is 7.00. The van der Waals surface area contributed by atoms with Crippen molar-refractivity contribution in [3.05, 3.63) is 65.2 Å². The molecule has 0 aliphatic carbocycles. The molecule has 1 N–H and O–H groups in total. The molecule has 4 heteroatoms. The van der Waals surface area contributed by atoms with Crippen molar-refractivity contribution < 1.29 is 4.79 Å². The molecule has 1 amide bonds. The first-order chi connectivity index (χ1) is 12.6. The Bertz CT molecular complexity index is 974. The molecule has 26 heavy (non-hydrogen) atoms. The number of amides is 1. The third-order valence-electron chi connectivity index (χ3n) is 5.12. The Morgan fingerprint density at radius 1 is 1.00 bits per heavy atom. The predicted octanol–water partition coefficient (Wildman–Crippen LogP) is 4.83. The van der Waals surface area contributed by atoms with Crippen molar-refractivity contribution in [2.24, 2.45) is 0 Å². The minimum Gasteiger partial charge on any atom is -0.340 e. The molecule has 2 heterocycles. The van der Waals surface area contributed by atoms with Gasteiger partial charge in [0.25, 0.3) is 5.91 Å². The number of fused-ring (bicyclic) bond motifs is 1. The summed E-state index contributed by atoms with van der Waals surface area (Å²) in [6, 6.07) is 16.0. The molecule has 0 atom stereocenters. The molecule has 0 radical (unpaired) electrons. The number of nitrogens with zero attached hydrogens (tertiary/aromatic N) is 2. The van der Waals surface area contributed by atoms with Crippen LogP contribution in [-0.4, -0.2) is 28.9 Å². The zero-order valence-corrected chi connectivity index (χ0v) is 15.2. The quantitative estimate of drug-likeness (QED) is 0.739. The lowest BCUT2D eigenvalue weighted by Crippen LogP contribution is -2.27. The number of aryl methyl sites for hydroxylation is 2. The molecule has 0 saturated carbocycles. The highest BCUT2D eigenvalue weighted by Crippen LogP contribution is 2.26. The summed E-state index contributed by atoms with van der Waals surface area (Å²) in [5.41, 5.74) is 5.03. The van der Waals surface area contributed by atoms with Gasteiger partial charge in [-0.2, -0.15) is 0 Å². The monoisotopic (exact) mass is 345 g/mol. The zero-order chi connectivity index (χ0) is 18.1. The van der Waals surface area contributed by atoms with Crippen molar-refractivity contribution in [1.82, 2.24) is 9.88 Å². The second kappa shape index (κ2) is 6.79. The fourth-order valence-corrected chi connectivity index (χ4v) is 3.47. The van der Waals surface area contributed by atoms with Crippen LogP contribution in [0.4, 0.5) is 11.5 Å². The highest BCUT2D eigenvalue weighted by Gasteiger charge is 2.22. The number of pyridine rings is 1. The standard InChI is InChI=1S/C22H23N3O/c1-15-9-10-17(13-16(15)2)23-21-14-19(22(26)25-11-5-6-12-25)18-7-3-4-8-20(18)24-21/h3-4,7-10,13-14H,5-6,11-12H2,1-2H3,(H,23,24). The number of carbonyl (C=O) groups excluding carboxylic acids is 1. The maximum Gasteiger partial charge on any atom is 0.254 e. The van der Waals surface area contributed by atoms with Gasteiger partial charge in [0.1, 0.15) is 5.82 Å². The van der Waals surface area contributed by atoms with Crippen LogP contribution in [0.3, 0.4) is 0 Å². The summed E-state index contributed by atoms with van der Waals surface area (Å²) in [6.07, 6.45) is 2.17. The van der Waals surface area contributed by atoms with Gasteiger partial charge < -0.3 is 10.2 Å². The first-order valence-corrected chi connectivity index (χ1v) is 9.15. The van der Waals surface area contributed by atoms with Gasteiger partial charge >= 0.3 is 0 Å². The number of para-hydroxylation sites is 1. The molecular weight excluding hydrogens is 322 g/mol. The van der Waals surface area contributed by atoms with E-state index in [0.717, 1.165) is 48.1 Å². The van der Waals surface area contributed by atoms with E-state index in [4.69, 9.17) is 4.98 Å². The predicted molar refractivity (Wildman–Crippen MR) is 106 cm³/mol. The van der Waals surface area contributed by atoms with Crippen molar-refractivity contribution in [3.63, 3.8) is 0 Å². The molecule has 0 unspecified atom stereocenters. The summed E-state index contributed by atoms with van der Waals surface area (Å²) in [5, 5.41) is 4.28. The zero-order valence-electron chi connectivity index (χ0n) is 15.2. The lowest BCUT2D eigenvalue weighted by Gasteiger charge is -2.18. The van der Waals surface area contributed by atoms with Crippen molar-refractivity contribution in [2.75, 3.05) is 18.4 Å². The van der Waals surface area contributed by atoms with Crippen LogP contribution in [0, 0.1) is 13.8 Å². The van der Waals surface area contributed by atoms with E-state index in [0.29, 0.717) is 5.82 Å². The summed E-state index contributed by atoms with van der Waals surface area (Å²) >= 11 is 0. The molecule has 2 aromatic carbocycles. The average molecular weight is 345 g/mol. The van der Waals surface area contributed by atoms with E-state index in [1.54, 1.807) is 0 Å². The van der Waals surface area contributed by atoms with Crippen LogP contribution in [0.1, 0.15) is 34.3 Å². The first-order valence-electron chi connectivity index (χ1n) is 9.15. The number of aromatic nitrogens is 1. The summed E-state index contributed by atoms with van der Waals surface area (Å²) in [6.45, 7) is 5.88. The van der Waals surface area contributed by atoms with E-state index in [2.05, 4.69) is 31.3 Å². The number of anilines is 2. The van der Waals surface area contributed by atoms with Crippen LogP contribution in [0.2, 0.25) is 0 Å². The van der Waals surface area contributed by atoms with Gasteiger partial charge in [0.05, 0.1) is 11.1 Å². The van der Waals surface area contributed by atoms with E-state index in [9.17, 15) is 4.79 Å². The Balaban J connectivity index is 1.75. The SMILES string of the molecule is Cc1ccc(Nc2cc(C(=O)N3CCCC3)c3ccccc3n2)cc1C. The molecule has 1 aliphatic heterocycles. The second-order valence-electron chi connectivity index (χ2n) is 7.00. The van der Waals surface area contributed by atoms with E-state index in [1.807, 2.05) is 41.3 Å². The van der Waals surface area contributed by atoms with Crippen LogP contribution in [0.5, 0.6) is 0 Å². The lowest BCUT2D eigenvalue weighted by molar-refractivity contribution is 0.0794. The number of rotatable bonds is 3. The summed E-state index contributed by atoms with van der Waals surface area (Å²) < 4.78 is 0. The van der Waals surface area contributed by atoms with E-state index in [1.165, 1.54) is 11.1 Å². The minimum atomic E-state index is 0.101. The molecule has 1 aliphatic rings. The summed E-state index contributed by atoms with van der Waals surface area (Å²) in [7, 11) is 0. The maximum absolute atomic E-state index is 13.0. The van der Waals surface area contributed by atoms with Crippen molar-refractivity contribution >= 4 is 28.3 Å². The van der Waals surface area contributed by atoms with Gasteiger partial charge in [-0.3, -0.25) is 4.79 Å². The Morgan fingerprint density at radius 2 is 1.77 bits per heavy atom. The summed E-state index contributed by atoms with van der Waals surface area (Å²) in [5.74, 6) is 0.804. The number of hydrogen-bond acceptors (Lipinski definition) is 3. The largest absolute Gasteiger partial charge is 0.340 e. The van der Waals surface area contributed by atoms with E-state index >= 15 is 0 Å². The fourth-order valence-electron chi connectivity index (χ4n) is 3.47. The molecule has 4 nitrogen and oxygen atoms in total. The Morgan fingerprint density at radius 3 is 2.54 bits per heavy atom. The van der Waals surface area contributed by atoms with Crippen LogP contribution in [-0.2, 0) is 0 Å².